The van der Waals surface area contributed by atoms with E-state index in [0.29, 0.717) is 16.1 Å². The van der Waals surface area contributed by atoms with Gasteiger partial charge in [0.1, 0.15) is 11.6 Å². The van der Waals surface area contributed by atoms with Crippen molar-refractivity contribution in [1.29, 1.82) is 0 Å². The van der Waals surface area contributed by atoms with Crippen molar-refractivity contribution >= 4 is 28.2 Å². The average Bonchev–Trinajstić information content (AvgIpc) is 3.27. The average molecular weight is 406 g/mol. The van der Waals surface area contributed by atoms with Crippen LogP contribution in [0.25, 0.3) is 0 Å². The van der Waals surface area contributed by atoms with Crippen LogP contribution in [0, 0.1) is 13.8 Å². The van der Waals surface area contributed by atoms with Gasteiger partial charge in [-0.05, 0) is 49.8 Å². The first kappa shape index (κ1) is 19.4. The molecule has 1 aliphatic carbocycles. The van der Waals surface area contributed by atoms with Gasteiger partial charge in [0.2, 0.25) is 0 Å². The number of rotatable bonds is 5. The molecule has 1 aliphatic rings. The van der Waals surface area contributed by atoms with Crippen LogP contribution in [0.3, 0.4) is 0 Å². The number of anilines is 1. The molecule has 1 amide bonds. The lowest BCUT2D eigenvalue weighted by molar-refractivity contribution is 0.103. The van der Waals surface area contributed by atoms with Crippen molar-refractivity contribution in [3.05, 3.63) is 86.8 Å². The summed E-state index contributed by atoms with van der Waals surface area (Å²) in [6.45, 7) is 4.16. The van der Waals surface area contributed by atoms with Gasteiger partial charge in [0, 0.05) is 10.4 Å². The van der Waals surface area contributed by atoms with Gasteiger partial charge in [-0.1, -0.05) is 54.1 Å². The minimum absolute atomic E-state index is 0.0275. The Labute approximate surface area is 174 Å². The number of carbonyl (C=O) groups excluding carboxylic acids is 2. The van der Waals surface area contributed by atoms with Crippen LogP contribution in [0.15, 0.2) is 48.5 Å². The largest absolute Gasteiger partial charge is 0.444 e. The summed E-state index contributed by atoms with van der Waals surface area (Å²) in [5.74, 6) is -0.0275. The molecule has 0 spiro atoms. The van der Waals surface area contributed by atoms with Crippen LogP contribution in [0.4, 0.5) is 9.80 Å². The minimum Gasteiger partial charge on any atom is -0.444 e. The molecular formula is C24H23NO3S. The first-order chi connectivity index (χ1) is 14.0. The van der Waals surface area contributed by atoms with Crippen LogP contribution in [0.5, 0.6) is 0 Å². The minimum atomic E-state index is -0.538. The highest BCUT2D eigenvalue weighted by Gasteiger charge is 2.28. The normalized spacial score (nSPS) is 12.5. The predicted molar refractivity (Wildman–Crippen MR) is 116 cm³/mol. The van der Waals surface area contributed by atoms with Gasteiger partial charge >= 0.3 is 6.09 Å². The molecule has 3 aromatic rings. The molecule has 4 rings (SSSR count). The van der Waals surface area contributed by atoms with Crippen molar-refractivity contribution in [1.82, 2.24) is 0 Å². The van der Waals surface area contributed by atoms with Crippen LogP contribution in [0.2, 0.25) is 0 Å². The maximum absolute atomic E-state index is 13.4. The molecular weight excluding hydrogens is 382 g/mol. The molecule has 2 aromatic carbocycles. The van der Waals surface area contributed by atoms with E-state index >= 15 is 0 Å². The summed E-state index contributed by atoms with van der Waals surface area (Å²) in [6, 6.07) is 15.4. The Morgan fingerprint density at radius 2 is 1.86 bits per heavy atom. The van der Waals surface area contributed by atoms with Crippen LogP contribution in [0.1, 0.15) is 49.5 Å². The summed E-state index contributed by atoms with van der Waals surface area (Å²) in [4.78, 5) is 27.0. The zero-order chi connectivity index (χ0) is 20.4. The number of ketones is 1. The quantitative estimate of drug-likeness (QED) is 0.543. The molecule has 0 saturated heterocycles. The molecule has 148 valence electrons. The summed E-state index contributed by atoms with van der Waals surface area (Å²) in [6.07, 6.45) is 2.34. The Morgan fingerprint density at radius 3 is 2.62 bits per heavy atom. The highest BCUT2D eigenvalue weighted by Crippen LogP contribution is 2.40. The fourth-order valence-electron chi connectivity index (χ4n) is 3.79. The topological polar surface area (TPSA) is 55.4 Å². The van der Waals surface area contributed by atoms with E-state index in [9.17, 15) is 9.59 Å². The van der Waals surface area contributed by atoms with E-state index in [0.717, 1.165) is 41.5 Å². The van der Waals surface area contributed by atoms with E-state index in [4.69, 9.17) is 4.74 Å². The van der Waals surface area contributed by atoms with Crippen molar-refractivity contribution in [2.24, 2.45) is 0 Å². The maximum Gasteiger partial charge on any atom is 0.412 e. The summed E-state index contributed by atoms with van der Waals surface area (Å²) in [5.41, 5.74) is 5.39. The highest BCUT2D eigenvalue weighted by molar-refractivity contribution is 7.17. The zero-order valence-corrected chi connectivity index (χ0v) is 17.4. The molecule has 5 heteroatoms. The number of ether oxygens (including phenoxy) is 1. The lowest BCUT2D eigenvalue weighted by Gasteiger charge is -2.11. The standard InChI is InChI=1S/C24H23NO3S/c1-15-11-12-18(16(2)13-15)22(26)21-19-9-6-10-20(19)29-23(21)25-24(27)28-14-17-7-4-3-5-8-17/h3-5,7-8,11-13H,6,9-10,14H2,1-2H3,(H,25,27). The van der Waals surface area contributed by atoms with Crippen LogP contribution in [-0.2, 0) is 24.2 Å². The Bertz CT molecular complexity index is 1070. The number of aryl methyl sites for hydroxylation is 3. The summed E-state index contributed by atoms with van der Waals surface area (Å²) >= 11 is 1.50. The van der Waals surface area contributed by atoms with E-state index in [1.54, 1.807) is 0 Å². The third-order valence-corrected chi connectivity index (χ3v) is 6.41. The van der Waals surface area contributed by atoms with Gasteiger partial charge in [-0.2, -0.15) is 0 Å². The predicted octanol–water partition coefficient (Wildman–Crippen LogP) is 5.83. The maximum atomic E-state index is 13.4. The third-order valence-electron chi connectivity index (χ3n) is 5.20. The van der Waals surface area contributed by atoms with E-state index in [1.807, 2.05) is 62.4 Å². The number of nitrogens with one attached hydrogen (secondary N) is 1. The lowest BCUT2D eigenvalue weighted by Crippen LogP contribution is -2.16. The molecule has 0 aliphatic heterocycles. The molecule has 0 saturated carbocycles. The molecule has 4 nitrogen and oxygen atoms in total. The summed E-state index contributed by atoms with van der Waals surface area (Å²) in [7, 11) is 0. The van der Waals surface area contributed by atoms with Gasteiger partial charge in [-0.3, -0.25) is 10.1 Å². The SMILES string of the molecule is Cc1ccc(C(=O)c2c(NC(=O)OCc3ccccc3)sc3c2CCC3)c(C)c1. The van der Waals surface area contributed by atoms with Crippen LogP contribution < -0.4 is 5.32 Å². The van der Waals surface area contributed by atoms with Crippen molar-refractivity contribution in [3.8, 4) is 0 Å². The number of carbonyl (C=O) groups is 2. The van der Waals surface area contributed by atoms with Gasteiger partial charge in [0.05, 0.1) is 5.56 Å². The van der Waals surface area contributed by atoms with Crippen molar-refractivity contribution in [2.45, 2.75) is 39.7 Å². The van der Waals surface area contributed by atoms with Gasteiger partial charge in [-0.15, -0.1) is 11.3 Å². The second-order valence-corrected chi connectivity index (χ2v) is 8.50. The number of benzene rings is 2. The molecule has 0 atom stereocenters. The van der Waals surface area contributed by atoms with Gasteiger partial charge in [-0.25, -0.2) is 4.79 Å². The fraction of sp³-hybridized carbons (Fsp3) is 0.250. The smallest absolute Gasteiger partial charge is 0.412 e. The van der Waals surface area contributed by atoms with E-state index < -0.39 is 6.09 Å². The molecule has 1 heterocycles. The number of fused-ring (bicyclic) bond motifs is 1. The summed E-state index contributed by atoms with van der Waals surface area (Å²) in [5, 5.41) is 3.42. The van der Waals surface area contributed by atoms with E-state index in [-0.39, 0.29) is 12.4 Å². The van der Waals surface area contributed by atoms with Crippen molar-refractivity contribution in [2.75, 3.05) is 5.32 Å². The van der Waals surface area contributed by atoms with Crippen molar-refractivity contribution < 1.29 is 14.3 Å². The highest BCUT2D eigenvalue weighted by atomic mass is 32.1. The monoisotopic (exact) mass is 405 g/mol. The lowest BCUT2D eigenvalue weighted by atomic mass is 9.96. The fourth-order valence-corrected chi connectivity index (χ4v) is 5.06. The molecule has 1 N–H and O–H groups in total. The Balaban J connectivity index is 1.58. The molecule has 29 heavy (non-hydrogen) atoms. The number of thiophene rings is 1. The molecule has 0 unspecified atom stereocenters. The van der Waals surface area contributed by atoms with Gasteiger partial charge in [0.25, 0.3) is 0 Å². The zero-order valence-electron chi connectivity index (χ0n) is 16.6. The number of hydrogen-bond donors (Lipinski definition) is 1. The Kier molecular flexibility index (Phi) is 5.49. The number of hydrogen-bond acceptors (Lipinski definition) is 4. The summed E-state index contributed by atoms with van der Waals surface area (Å²) < 4.78 is 5.36. The van der Waals surface area contributed by atoms with E-state index in [2.05, 4.69) is 5.32 Å². The first-order valence-corrected chi connectivity index (χ1v) is 10.6. The Hall–Kier alpha value is -2.92. The van der Waals surface area contributed by atoms with Crippen molar-refractivity contribution in [3.63, 3.8) is 0 Å². The third kappa shape index (κ3) is 4.10. The molecule has 0 fully saturated rings. The molecule has 0 bridgehead atoms. The van der Waals surface area contributed by atoms with E-state index in [1.165, 1.54) is 16.2 Å². The van der Waals surface area contributed by atoms with Gasteiger partial charge < -0.3 is 4.74 Å². The Morgan fingerprint density at radius 1 is 1.07 bits per heavy atom. The van der Waals surface area contributed by atoms with Gasteiger partial charge in [0.15, 0.2) is 5.78 Å². The second-order valence-electron chi connectivity index (χ2n) is 7.40. The first-order valence-electron chi connectivity index (χ1n) is 9.77. The molecule has 1 aromatic heterocycles. The van der Waals surface area contributed by atoms with Crippen LogP contribution in [-0.4, -0.2) is 11.9 Å². The van der Waals surface area contributed by atoms with Crippen LogP contribution >= 0.6 is 11.3 Å². The molecule has 0 radical (unpaired) electrons. The number of amides is 1. The second kappa shape index (κ2) is 8.21.